The van der Waals surface area contributed by atoms with Gasteiger partial charge in [0, 0.05) is 13.8 Å². The largest absolute Gasteiger partial charge is 0.492 e. The fourth-order valence-corrected chi connectivity index (χ4v) is 2.21. The van der Waals surface area contributed by atoms with E-state index in [1.807, 2.05) is 0 Å². The summed E-state index contributed by atoms with van der Waals surface area (Å²) in [7, 11) is -3.81. The average molecular weight is 308 g/mol. The van der Waals surface area contributed by atoms with Crippen LogP contribution in [0.2, 0.25) is 0 Å². The number of esters is 2. The number of carbonyl (C=O) groups is 2. The summed E-state index contributed by atoms with van der Waals surface area (Å²) in [5.74, 6) is -1.15. The van der Waals surface area contributed by atoms with Gasteiger partial charge < -0.3 is 14.2 Å². The molecule has 8 nitrogen and oxygen atoms in total. The van der Waals surface area contributed by atoms with Gasteiger partial charge in [-0.15, -0.1) is 0 Å². The molecule has 1 aliphatic heterocycles. The van der Waals surface area contributed by atoms with Crippen molar-refractivity contribution in [1.82, 2.24) is 0 Å². The summed E-state index contributed by atoms with van der Waals surface area (Å²) >= 11 is 0. The molecule has 0 aliphatic carbocycles. The lowest BCUT2D eigenvalue weighted by Gasteiger charge is -2.32. The van der Waals surface area contributed by atoms with Gasteiger partial charge >= 0.3 is 11.9 Å². The summed E-state index contributed by atoms with van der Waals surface area (Å²) in [6.07, 6.45) is 0.475. The SMILES string of the molecule is CC(=O)OC[C@H]1OC=C[C@@H](OC(C)=O)[C@@H]1OS(C)(=O)=O. The Kier molecular flexibility index (Phi) is 5.52. The van der Waals surface area contributed by atoms with Crippen molar-refractivity contribution in [1.29, 1.82) is 0 Å². The molecule has 0 aromatic rings. The van der Waals surface area contributed by atoms with Crippen molar-refractivity contribution in [2.75, 3.05) is 12.9 Å². The molecule has 0 amide bonds. The topological polar surface area (TPSA) is 105 Å². The van der Waals surface area contributed by atoms with E-state index in [1.54, 1.807) is 0 Å². The van der Waals surface area contributed by atoms with Crippen LogP contribution >= 0.6 is 0 Å². The maximum absolute atomic E-state index is 11.3. The van der Waals surface area contributed by atoms with Crippen LogP contribution in [0.25, 0.3) is 0 Å². The minimum atomic E-state index is -3.81. The molecule has 0 bridgehead atoms. The number of carbonyl (C=O) groups excluding carboxylic acids is 2. The van der Waals surface area contributed by atoms with E-state index in [4.69, 9.17) is 18.4 Å². The second kappa shape index (κ2) is 6.71. The number of ether oxygens (including phenoxy) is 3. The monoisotopic (exact) mass is 308 g/mol. The summed E-state index contributed by atoms with van der Waals surface area (Å²) in [6, 6.07) is 0. The highest BCUT2D eigenvalue weighted by molar-refractivity contribution is 7.86. The van der Waals surface area contributed by atoms with Crippen LogP contribution < -0.4 is 0 Å². The van der Waals surface area contributed by atoms with E-state index in [9.17, 15) is 18.0 Å². The van der Waals surface area contributed by atoms with Crippen LogP contribution in [0.5, 0.6) is 0 Å². The molecule has 0 N–H and O–H groups in total. The van der Waals surface area contributed by atoms with Crippen molar-refractivity contribution < 1.29 is 36.4 Å². The smallest absolute Gasteiger partial charge is 0.303 e. The Morgan fingerprint density at radius 1 is 1.25 bits per heavy atom. The molecule has 0 aromatic heterocycles. The molecule has 0 radical (unpaired) electrons. The van der Waals surface area contributed by atoms with E-state index in [2.05, 4.69) is 0 Å². The lowest BCUT2D eigenvalue weighted by molar-refractivity contribution is -0.159. The minimum Gasteiger partial charge on any atom is -0.492 e. The summed E-state index contributed by atoms with van der Waals surface area (Å²) < 4.78 is 42.3. The summed E-state index contributed by atoms with van der Waals surface area (Å²) in [4.78, 5) is 21.8. The first-order valence-electron chi connectivity index (χ1n) is 5.70. The zero-order valence-electron chi connectivity index (χ0n) is 11.3. The summed E-state index contributed by atoms with van der Waals surface area (Å²) in [5, 5.41) is 0. The highest BCUT2D eigenvalue weighted by Crippen LogP contribution is 2.21. The maximum atomic E-state index is 11.3. The van der Waals surface area contributed by atoms with Gasteiger partial charge in [-0.05, 0) is 6.08 Å². The molecule has 0 spiro atoms. The van der Waals surface area contributed by atoms with Gasteiger partial charge in [-0.3, -0.25) is 13.8 Å². The van der Waals surface area contributed by atoms with Crippen molar-refractivity contribution in [2.45, 2.75) is 32.2 Å². The van der Waals surface area contributed by atoms with Crippen molar-refractivity contribution in [3.05, 3.63) is 12.3 Å². The predicted octanol–water partition coefficient (Wildman–Crippen LogP) is -0.261. The molecule has 0 saturated carbocycles. The molecule has 0 aromatic carbocycles. The van der Waals surface area contributed by atoms with Gasteiger partial charge in [0.05, 0.1) is 12.5 Å². The first-order chi connectivity index (χ1) is 9.19. The second-order valence-electron chi connectivity index (χ2n) is 4.14. The Morgan fingerprint density at radius 2 is 1.90 bits per heavy atom. The van der Waals surface area contributed by atoms with Crippen molar-refractivity contribution >= 4 is 22.1 Å². The van der Waals surface area contributed by atoms with Gasteiger partial charge in [0.25, 0.3) is 10.1 Å². The Labute approximate surface area is 116 Å². The molecular formula is C11H16O8S. The fraction of sp³-hybridized carbons (Fsp3) is 0.636. The van der Waals surface area contributed by atoms with Gasteiger partial charge in [-0.25, -0.2) is 0 Å². The average Bonchev–Trinajstić information content (AvgIpc) is 2.27. The quantitative estimate of drug-likeness (QED) is 0.505. The third-order valence-corrected chi connectivity index (χ3v) is 2.82. The number of rotatable bonds is 5. The van der Waals surface area contributed by atoms with Gasteiger partial charge in [0.1, 0.15) is 6.61 Å². The van der Waals surface area contributed by atoms with Crippen molar-refractivity contribution in [2.24, 2.45) is 0 Å². The van der Waals surface area contributed by atoms with Crippen LogP contribution in [0.3, 0.4) is 0 Å². The zero-order chi connectivity index (χ0) is 15.3. The molecule has 3 atom stereocenters. The van der Waals surface area contributed by atoms with Crippen LogP contribution in [0.4, 0.5) is 0 Å². The van der Waals surface area contributed by atoms with E-state index < -0.39 is 40.4 Å². The van der Waals surface area contributed by atoms with E-state index >= 15 is 0 Å². The van der Waals surface area contributed by atoms with Crippen LogP contribution in [0.15, 0.2) is 12.3 Å². The maximum Gasteiger partial charge on any atom is 0.303 e. The van der Waals surface area contributed by atoms with Crippen molar-refractivity contribution in [3.63, 3.8) is 0 Å². The van der Waals surface area contributed by atoms with Crippen LogP contribution in [-0.4, -0.2) is 51.5 Å². The first kappa shape index (κ1) is 16.4. The zero-order valence-corrected chi connectivity index (χ0v) is 12.1. The molecule has 1 heterocycles. The third-order valence-electron chi connectivity index (χ3n) is 2.25. The predicted molar refractivity (Wildman–Crippen MR) is 65.9 cm³/mol. The molecule has 0 saturated heterocycles. The van der Waals surface area contributed by atoms with Gasteiger partial charge in [-0.1, -0.05) is 0 Å². The van der Waals surface area contributed by atoms with Crippen LogP contribution in [-0.2, 0) is 38.1 Å². The molecular weight excluding hydrogens is 292 g/mol. The minimum absolute atomic E-state index is 0.225. The Bertz CT molecular complexity index is 495. The van der Waals surface area contributed by atoms with E-state index in [1.165, 1.54) is 26.2 Å². The van der Waals surface area contributed by atoms with Gasteiger partial charge in [-0.2, -0.15) is 8.42 Å². The molecule has 114 valence electrons. The third kappa shape index (κ3) is 5.57. The molecule has 1 aliphatic rings. The number of hydrogen-bond donors (Lipinski definition) is 0. The molecule has 1 rings (SSSR count). The first-order valence-corrected chi connectivity index (χ1v) is 7.51. The molecule has 20 heavy (non-hydrogen) atoms. The van der Waals surface area contributed by atoms with Gasteiger partial charge in [0.15, 0.2) is 18.3 Å². The van der Waals surface area contributed by atoms with Gasteiger partial charge in [0.2, 0.25) is 0 Å². The fourth-order valence-electron chi connectivity index (χ4n) is 1.57. The van der Waals surface area contributed by atoms with E-state index in [0.717, 1.165) is 6.26 Å². The standard InChI is InChI=1S/C11H16O8S/c1-7(12)17-6-10-11(19-20(3,14)15)9(4-5-16-10)18-8(2)13/h4-5,9-11H,6H2,1-3H3/t9-,10-,11+/m1/s1. The Hall–Kier alpha value is -1.61. The van der Waals surface area contributed by atoms with Crippen molar-refractivity contribution in [3.8, 4) is 0 Å². The van der Waals surface area contributed by atoms with E-state index in [0.29, 0.717) is 0 Å². The highest BCUT2D eigenvalue weighted by Gasteiger charge is 2.38. The lowest BCUT2D eigenvalue weighted by Crippen LogP contribution is -2.47. The number of hydrogen-bond acceptors (Lipinski definition) is 8. The summed E-state index contributed by atoms with van der Waals surface area (Å²) in [5.41, 5.74) is 0. The Morgan fingerprint density at radius 3 is 2.40 bits per heavy atom. The highest BCUT2D eigenvalue weighted by atomic mass is 32.2. The molecule has 0 fully saturated rings. The lowest BCUT2D eigenvalue weighted by atomic mass is 10.1. The Balaban J connectivity index is 2.88. The van der Waals surface area contributed by atoms with E-state index in [-0.39, 0.29) is 6.61 Å². The normalized spacial score (nSPS) is 25.6. The van der Waals surface area contributed by atoms with Crippen LogP contribution in [0, 0.1) is 0 Å². The second-order valence-corrected chi connectivity index (χ2v) is 5.75. The summed E-state index contributed by atoms with van der Waals surface area (Å²) in [6.45, 7) is 2.16. The van der Waals surface area contributed by atoms with Crippen LogP contribution in [0.1, 0.15) is 13.8 Å². The molecule has 0 unspecified atom stereocenters. The molecule has 9 heteroatoms.